The molecule has 5 nitrogen and oxygen atoms in total. The highest BCUT2D eigenvalue weighted by Crippen LogP contribution is 2.23. The van der Waals surface area contributed by atoms with E-state index in [0.29, 0.717) is 19.7 Å². The molecule has 0 radical (unpaired) electrons. The van der Waals surface area contributed by atoms with Crippen LogP contribution in [0, 0.1) is 5.92 Å². The zero-order valence-electron chi connectivity index (χ0n) is 11.4. The number of amides is 1. The van der Waals surface area contributed by atoms with E-state index in [0.717, 1.165) is 37.9 Å². The molecule has 2 rings (SSSR count). The van der Waals surface area contributed by atoms with Crippen LogP contribution in [0.25, 0.3) is 0 Å². The van der Waals surface area contributed by atoms with Crippen molar-refractivity contribution in [1.29, 1.82) is 0 Å². The molecule has 0 aromatic carbocycles. The number of hydrogen-bond acceptors (Lipinski definition) is 4. The lowest BCUT2D eigenvalue weighted by Crippen LogP contribution is -2.43. The van der Waals surface area contributed by atoms with Crippen LogP contribution in [0.3, 0.4) is 0 Å². The van der Waals surface area contributed by atoms with E-state index >= 15 is 0 Å². The van der Waals surface area contributed by atoms with Crippen LogP contribution in [-0.4, -0.2) is 36.7 Å². The Labute approximate surface area is 113 Å². The van der Waals surface area contributed by atoms with Gasteiger partial charge in [0.15, 0.2) is 0 Å². The number of rotatable bonds is 3. The molecular weight excluding hydrogens is 246 g/mol. The Kier molecular flexibility index (Phi) is 4.82. The number of allylic oxidation sites excluding steroid dienone is 2. The molecule has 1 amide bonds. The first-order valence-electron chi connectivity index (χ1n) is 7.03. The molecule has 0 aromatic heterocycles. The van der Waals surface area contributed by atoms with E-state index in [1.807, 2.05) is 6.08 Å². The Bertz CT molecular complexity index is 378. The van der Waals surface area contributed by atoms with Crippen LogP contribution in [0.5, 0.6) is 0 Å². The minimum absolute atomic E-state index is 0.206. The van der Waals surface area contributed by atoms with Crippen LogP contribution in [0.4, 0.5) is 4.79 Å². The van der Waals surface area contributed by atoms with Gasteiger partial charge in [0.05, 0.1) is 12.5 Å². The first-order valence-corrected chi connectivity index (χ1v) is 7.03. The predicted molar refractivity (Wildman–Crippen MR) is 69.3 cm³/mol. The standard InChI is InChI=1S/C14H21NO4/c1-2-18-14(17)15-9-5-6-11(10-15)13(16)19-12-7-3-4-8-12/h7,11H,2-6,8-10H2,1H3. The number of carbonyl (C=O) groups excluding carboxylic acids is 2. The molecule has 0 bridgehead atoms. The van der Waals surface area contributed by atoms with E-state index in [2.05, 4.69) is 0 Å². The maximum absolute atomic E-state index is 12.0. The van der Waals surface area contributed by atoms with Gasteiger partial charge in [-0.25, -0.2) is 4.79 Å². The summed E-state index contributed by atoms with van der Waals surface area (Å²) in [5, 5.41) is 0. The molecule has 1 aliphatic carbocycles. The van der Waals surface area contributed by atoms with Gasteiger partial charge in [0.1, 0.15) is 5.76 Å². The molecule has 19 heavy (non-hydrogen) atoms. The molecule has 1 heterocycles. The van der Waals surface area contributed by atoms with Crippen LogP contribution < -0.4 is 0 Å². The number of piperidine rings is 1. The van der Waals surface area contributed by atoms with E-state index in [4.69, 9.17) is 9.47 Å². The fourth-order valence-electron chi connectivity index (χ4n) is 2.50. The Morgan fingerprint density at radius 2 is 2.26 bits per heavy atom. The van der Waals surface area contributed by atoms with E-state index in [9.17, 15) is 9.59 Å². The number of hydrogen-bond donors (Lipinski definition) is 0. The van der Waals surface area contributed by atoms with Crippen molar-refractivity contribution in [2.45, 2.75) is 39.0 Å². The molecule has 5 heteroatoms. The average Bonchev–Trinajstić information content (AvgIpc) is 2.92. The second kappa shape index (κ2) is 6.59. The summed E-state index contributed by atoms with van der Waals surface area (Å²) in [7, 11) is 0. The molecule has 0 saturated carbocycles. The van der Waals surface area contributed by atoms with Crippen molar-refractivity contribution in [2.24, 2.45) is 5.92 Å². The lowest BCUT2D eigenvalue weighted by Gasteiger charge is -2.30. The second-order valence-electron chi connectivity index (χ2n) is 4.97. The summed E-state index contributed by atoms with van der Waals surface area (Å²) >= 11 is 0. The zero-order chi connectivity index (χ0) is 13.7. The zero-order valence-corrected chi connectivity index (χ0v) is 11.4. The Morgan fingerprint density at radius 3 is 2.95 bits per heavy atom. The highest BCUT2D eigenvalue weighted by molar-refractivity contribution is 5.75. The van der Waals surface area contributed by atoms with Crippen LogP contribution in [0.15, 0.2) is 11.8 Å². The minimum atomic E-state index is -0.333. The highest BCUT2D eigenvalue weighted by Gasteiger charge is 2.30. The topological polar surface area (TPSA) is 55.8 Å². The average molecular weight is 267 g/mol. The van der Waals surface area contributed by atoms with Gasteiger partial charge < -0.3 is 14.4 Å². The number of carbonyl (C=O) groups is 2. The molecule has 0 spiro atoms. The van der Waals surface area contributed by atoms with Crippen LogP contribution in [-0.2, 0) is 14.3 Å². The maximum Gasteiger partial charge on any atom is 0.409 e. The van der Waals surface area contributed by atoms with Gasteiger partial charge in [-0.15, -0.1) is 0 Å². The molecule has 0 aromatic rings. The van der Waals surface area contributed by atoms with Crippen molar-refractivity contribution in [1.82, 2.24) is 4.90 Å². The van der Waals surface area contributed by atoms with Crippen molar-refractivity contribution in [3.63, 3.8) is 0 Å². The molecule has 0 N–H and O–H groups in total. The van der Waals surface area contributed by atoms with Gasteiger partial charge in [0, 0.05) is 19.5 Å². The fraction of sp³-hybridized carbons (Fsp3) is 0.714. The van der Waals surface area contributed by atoms with E-state index < -0.39 is 0 Å². The SMILES string of the molecule is CCOC(=O)N1CCCC(C(=O)OC2=CCCC2)C1. The third kappa shape index (κ3) is 3.72. The largest absolute Gasteiger partial charge is 0.450 e. The number of likely N-dealkylation sites (tertiary alicyclic amines) is 1. The third-order valence-corrected chi connectivity index (χ3v) is 3.51. The number of nitrogens with zero attached hydrogens (tertiary/aromatic N) is 1. The van der Waals surface area contributed by atoms with Crippen molar-refractivity contribution >= 4 is 12.1 Å². The normalized spacial score (nSPS) is 22.9. The fourth-order valence-corrected chi connectivity index (χ4v) is 2.50. The summed E-state index contributed by atoms with van der Waals surface area (Å²) in [4.78, 5) is 25.3. The first kappa shape index (κ1) is 13.9. The van der Waals surface area contributed by atoms with Gasteiger partial charge >= 0.3 is 12.1 Å². The van der Waals surface area contributed by atoms with Gasteiger partial charge in [-0.1, -0.05) is 0 Å². The van der Waals surface area contributed by atoms with Gasteiger partial charge in [-0.3, -0.25) is 4.79 Å². The summed E-state index contributed by atoms with van der Waals surface area (Å²) in [5.41, 5.74) is 0. The number of esters is 1. The van der Waals surface area contributed by atoms with Gasteiger partial charge in [-0.05, 0) is 38.7 Å². The second-order valence-corrected chi connectivity index (χ2v) is 4.97. The Hall–Kier alpha value is -1.52. The number of ether oxygens (including phenoxy) is 2. The Balaban J connectivity index is 1.85. The van der Waals surface area contributed by atoms with Crippen molar-refractivity contribution in [3.8, 4) is 0 Å². The van der Waals surface area contributed by atoms with Crippen LogP contribution in [0.1, 0.15) is 39.0 Å². The summed E-state index contributed by atoms with van der Waals surface area (Å²) in [6.07, 6.45) is 6.13. The summed E-state index contributed by atoms with van der Waals surface area (Å²) in [6.45, 7) is 3.20. The smallest absolute Gasteiger partial charge is 0.409 e. The van der Waals surface area contributed by atoms with Crippen molar-refractivity contribution in [3.05, 3.63) is 11.8 Å². The van der Waals surface area contributed by atoms with Gasteiger partial charge in [0.2, 0.25) is 0 Å². The lowest BCUT2D eigenvalue weighted by molar-refractivity contribution is -0.145. The minimum Gasteiger partial charge on any atom is -0.450 e. The van der Waals surface area contributed by atoms with E-state index in [1.165, 1.54) is 0 Å². The molecule has 1 atom stereocenters. The first-order chi connectivity index (χ1) is 9.20. The lowest BCUT2D eigenvalue weighted by atomic mass is 9.98. The third-order valence-electron chi connectivity index (χ3n) is 3.51. The molecule has 1 aliphatic heterocycles. The summed E-state index contributed by atoms with van der Waals surface area (Å²) < 4.78 is 10.3. The summed E-state index contributed by atoms with van der Waals surface area (Å²) in [6, 6.07) is 0. The van der Waals surface area contributed by atoms with E-state index in [-0.39, 0.29) is 18.0 Å². The van der Waals surface area contributed by atoms with Gasteiger partial charge in [-0.2, -0.15) is 0 Å². The quantitative estimate of drug-likeness (QED) is 0.737. The van der Waals surface area contributed by atoms with E-state index in [1.54, 1.807) is 11.8 Å². The molecule has 1 unspecified atom stereocenters. The Morgan fingerprint density at radius 1 is 1.42 bits per heavy atom. The predicted octanol–water partition coefficient (Wildman–Crippen LogP) is 2.47. The van der Waals surface area contributed by atoms with Crippen LogP contribution in [0.2, 0.25) is 0 Å². The molecule has 106 valence electrons. The molecule has 2 aliphatic rings. The summed E-state index contributed by atoms with van der Waals surface area (Å²) in [5.74, 6) is 0.361. The van der Waals surface area contributed by atoms with Crippen LogP contribution >= 0.6 is 0 Å². The van der Waals surface area contributed by atoms with Crippen molar-refractivity contribution in [2.75, 3.05) is 19.7 Å². The highest BCUT2D eigenvalue weighted by atomic mass is 16.6. The molecule has 1 fully saturated rings. The maximum atomic E-state index is 12.0. The molecular formula is C14H21NO4. The molecule has 1 saturated heterocycles. The van der Waals surface area contributed by atoms with Crippen molar-refractivity contribution < 1.29 is 19.1 Å². The van der Waals surface area contributed by atoms with Gasteiger partial charge in [0.25, 0.3) is 0 Å². The monoisotopic (exact) mass is 267 g/mol.